The SMILES string of the molecule is CCCOc1ccc([C@@H]2[C@@H]3C(=O)N(c4ccccc4C)C(=O)[C@H]3ON2c2ccccc2)cc1OCC. The lowest BCUT2D eigenvalue weighted by Crippen LogP contribution is -2.37. The van der Waals surface area contributed by atoms with Crippen LogP contribution in [-0.2, 0) is 14.4 Å². The van der Waals surface area contributed by atoms with Crippen LogP contribution in [-0.4, -0.2) is 31.1 Å². The minimum atomic E-state index is -0.922. The Morgan fingerprint density at radius 1 is 0.861 bits per heavy atom. The quantitative estimate of drug-likeness (QED) is 0.406. The molecular formula is C29H30N2O5. The standard InChI is InChI=1S/C29H30N2O5/c1-4-17-35-23-16-15-20(18-24(23)34-5-2)26-25-27(36-31(26)21-12-7-6-8-13-21)29(33)30(28(25)32)22-14-10-9-11-19(22)3/h6-16,18,25-27H,4-5,17H2,1-3H3/t25-,26+,27-/m0/s1. The smallest absolute Gasteiger partial charge is 0.266 e. The summed E-state index contributed by atoms with van der Waals surface area (Å²) in [5, 5.41) is 1.69. The fourth-order valence-corrected chi connectivity index (χ4v) is 4.91. The fraction of sp³-hybridized carbons (Fsp3) is 0.310. The molecule has 0 spiro atoms. The fourth-order valence-electron chi connectivity index (χ4n) is 4.91. The van der Waals surface area contributed by atoms with Gasteiger partial charge in [-0.25, -0.2) is 9.96 Å². The lowest BCUT2D eigenvalue weighted by atomic mass is 9.90. The molecule has 0 aromatic heterocycles. The van der Waals surface area contributed by atoms with Crippen LogP contribution in [0.2, 0.25) is 0 Å². The molecule has 2 saturated heterocycles. The predicted molar refractivity (Wildman–Crippen MR) is 137 cm³/mol. The maximum absolute atomic E-state index is 13.9. The number of fused-ring (bicyclic) bond motifs is 1. The van der Waals surface area contributed by atoms with Gasteiger partial charge in [0.05, 0.1) is 30.6 Å². The monoisotopic (exact) mass is 486 g/mol. The number of para-hydroxylation sites is 2. The molecule has 5 rings (SSSR count). The number of aryl methyl sites for hydroxylation is 1. The van der Waals surface area contributed by atoms with E-state index in [9.17, 15) is 9.59 Å². The Balaban J connectivity index is 1.59. The summed E-state index contributed by atoms with van der Waals surface area (Å²) in [5.41, 5.74) is 3.02. The summed E-state index contributed by atoms with van der Waals surface area (Å²) in [5.74, 6) is -0.0798. The van der Waals surface area contributed by atoms with Crippen molar-refractivity contribution in [2.24, 2.45) is 5.92 Å². The van der Waals surface area contributed by atoms with Crippen molar-refractivity contribution in [1.29, 1.82) is 0 Å². The lowest BCUT2D eigenvalue weighted by Gasteiger charge is -2.29. The van der Waals surface area contributed by atoms with Crippen LogP contribution in [0.5, 0.6) is 11.5 Å². The number of carbonyl (C=O) groups is 2. The van der Waals surface area contributed by atoms with Gasteiger partial charge in [-0.3, -0.25) is 14.4 Å². The number of hydrogen-bond donors (Lipinski definition) is 0. The molecule has 3 aromatic carbocycles. The zero-order chi connectivity index (χ0) is 25.2. The Kier molecular flexibility index (Phi) is 6.65. The molecule has 0 saturated carbocycles. The van der Waals surface area contributed by atoms with E-state index in [4.69, 9.17) is 14.3 Å². The molecule has 2 amide bonds. The van der Waals surface area contributed by atoms with E-state index in [-0.39, 0.29) is 11.8 Å². The van der Waals surface area contributed by atoms with Crippen molar-refractivity contribution in [3.8, 4) is 11.5 Å². The molecule has 0 N–H and O–H groups in total. The first-order valence-corrected chi connectivity index (χ1v) is 12.4. The number of carbonyl (C=O) groups excluding carboxylic acids is 2. The molecule has 36 heavy (non-hydrogen) atoms. The minimum Gasteiger partial charge on any atom is -0.490 e. The summed E-state index contributed by atoms with van der Waals surface area (Å²) in [7, 11) is 0. The molecule has 2 heterocycles. The molecule has 0 radical (unpaired) electrons. The van der Waals surface area contributed by atoms with E-state index < -0.39 is 18.1 Å². The van der Waals surface area contributed by atoms with E-state index in [1.54, 1.807) is 11.1 Å². The normalized spacial score (nSPS) is 21.1. The van der Waals surface area contributed by atoms with E-state index in [0.29, 0.717) is 30.4 Å². The summed E-state index contributed by atoms with van der Waals surface area (Å²) in [4.78, 5) is 35.0. The van der Waals surface area contributed by atoms with Gasteiger partial charge in [-0.2, -0.15) is 0 Å². The van der Waals surface area contributed by atoms with Gasteiger partial charge >= 0.3 is 0 Å². The Morgan fingerprint density at radius 2 is 1.61 bits per heavy atom. The van der Waals surface area contributed by atoms with Crippen LogP contribution in [0.1, 0.15) is 37.4 Å². The predicted octanol–water partition coefficient (Wildman–Crippen LogP) is 5.23. The Morgan fingerprint density at radius 3 is 2.33 bits per heavy atom. The van der Waals surface area contributed by atoms with Gasteiger partial charge in [0.2, 0.25) is 5.91 Å². The summed E-state index contributed by atoms with van der Waals surface area (Å²) in [6, 6.07) is 22.1. The van der Waals surface area contributed by atoms with E-state index in [2.05, 4.69) is 0 Å². The van der Waals surface area contributed by atoms with Gasteiger partial charge < -0.3 is 9.47 Å². The van der Waals surface area contributed by atoms with E-state index in [0.717, 1.165) is 23.2 Å². The van der Waals surface area contributed by atoms with Crippen molar-refractivity contribution in [1.82, 2.24) is 0 Å². The molecule has 7 nitrogen and oxygen atoms in total. The minimum absolute atomic E-state index is 0.271. The van der Waals surface area contributed by atoms with Crippen molar-refractivity contribution in [2.45, 2.75) is 39.3 Å². The second-order valence-corrected chi connectivity index (χ2v) is 8.94. The zero-order valence-electron chi connectivity index (χ0n) is 20.7. The number of nitrogens with zero attached hydrogens (tertiary/aromatic N) is 2. The highest BCUT2D eigenvalue weighted by molar-refractivity contribution is 6.24. The van der Waals surface area contributed by atoms with Crippen LogP contribution >= 0.6 is 0 Å². The molecule has 2 aliphatic rings. The number of hydrogen-bond acceptors (Lipinski definition) is 6. The number of benzene rings is 3. The molecule has 186 valence electrons. The largest absolute Gasteiger partial charge is 0.490 e. The van der Waals surface area contributed by atoms with Crippen molar-refractivity contribution in [2.75, 3.05) is 23.2 Å². The Labute approximate surface area is 211 Å². The number of anilines is 2. The molecule has 0 unspecified atom stereocenters. The van der Waals surface area contributed by atoms with Crippen LogP contribution in [0.3, 0.4) is 0 Å². The van der Waals surface area contributed by atoms with Crippen LogP contribution in [0.25, 0.3) is 0 Å². The summed E-state index contributed by atoms with van der Waals surface area (Å²) in [6.45, 7) is 6.90. The first-order chi connectivity index (χ1) is 17.5. The molecule has 2 aliphatic heterocycles. The molecule has 3 aromatic rings. The molecule has 2 fully saturated rings. The third-order valence-electron chi connectivity index (χ3n) is 6.55. The first kappa shape index (κ1) is 23.9. The van der Waals surface area contributed by atoms with E-state index >= 15 is 0 Å². The summed E-state index contributed by atoms with van der Waals surface area (Å²) in [6.07, 6.45) is -0.0467. The van der Waals surface area contributed by atoms with Crippen molar-refractivity contribution >= 4 is 23.2 Å². The number of ether oxygens (including phenoxy) is 2. The van der Waals surface area contributed by atoms with Gasteiger partial charge in [0.1, 0.15) is 5.92 Å². The first-order valence-electron chi connectivity index (χ1n) is 12.4. The number of imide groups is 1. The topological polar surface area (TPSA) is 68.3 Å². The van der Waals surface area contributed by atoms with Gasteiger partial charge in [0, 0.05) is 0 Å². The van der Waals surface area contributed by atoms with Gasteiger partial charge in [0.15, 0.2) is 17.6 Å². The highest BCUT2D eigenvalue weighted by atomic mass is 16.7. The van der Waals surface area contributed by atoms with Gasteiger partial charge in [-0.1, -0.05) is 49.4 Å². The number of hydroxylamine groups is 1. The third kappa shape index (κ3) is 4.09. The van der Waals surface area contributed by atoms with Crippen LogP contribution in [0, 0.1) is 12.8 Å². The molecule has 3 atom stereocenters. The third-order valence-corrected chi connectivity index (χ3v) is 6.55. The summed E-state index contributed by atoms with van der Waals surface area (Å²) < 4.78 is 11.8. The highest BCUT2D eigenvalue weighted by Crippen LogP contribution is 2.49. The highest BCUT2D eigenvalue weighted by Gasteiger charge is 2.60. The molecular weight excluding hydrogens is 456 g/mol. The molecule has 7 heteroatoms. The van der Waals surface area contributed by atoms with Crippen LogP contribution in [0.15, 0.2) is 72.8 Å². The zero-order valence-corrected chi connectivity index (χ0v) is 20.7. The van der Waals surface area contributed by atoms with Crippen molar-refractivity contribution in [3.05, 3.63) is 83.9 Å². The molecule has 0 aliphatic carbocycles. The van der Waals surface area contributed by atoms with Crippen molar-refractivity contribution in [3.63, 3.8) is 0 Å². The average molecular weight is 487 g/mol. The Hall–Kier alpha value is -3.84. The van der Waals surface area contributed by atoms with Crippen LogP contribution in [0.4, 0.5) is 11.4 Å². The van der Waals surface area contributed by atoms with Gasteiger partial charge in [-0.15, -0.1) is 0 Å². The van der Waals surface area contributed by atoms with Crippen molar-refractivity contribution < 1.29 is 23.9 Å². The second kappa shape index (κ2) is 10.0. The Bertz CT molecular complexity index is 1260. The summed E-state index contributed by atoms with van der Waals surface area (Å²) >= 11 is 0. The van der Waals surface area contributed by atoms with Gasteiger partial charge in [0.25, 0.3) is 5.91 Å². The molecule has 0 bridgehead atoms. The second-order valence-electron chi connectivity index (χ2n) is 8.94. The number of rotatable bonds is 8. The number of amides is 2. The van der Waals surface area contributed by atoms with Gasteiger partial charge in [-0.05, 0) is 61.7 Å². The van der Waals surface area contributed by atoms with E-state index in [1.165, 1.54) is 4.90 Å². The maximum Gasteiger partial charge on any atom is 0.266 e. The maximum atomic E-state index is 13.9. The lowest BCUT2D eigenvalue weighted by molar-refractivity contribution is -0.126. The average Bonchev–Trinajstić information content (AvgIpc) is 3.40. The van der Waals surface area contributed by atoms with Crippen LogP contribution < -0.4 is 19.4 Å². The van der Waals surface area contributed by atoms with E-state index in [1.807, 2.05) is 87.5 Å².